The maximum absolute atomic E-state index is 12.4. The average molecular weight is 357 g/mol. The maximum atomic E-state index is 12.4. The second kappa shape index (κ2) is 5.60. The molecule has 0 bridgehead atoms. The van der Waals surface area contributed by atoms with Crippen molar-refractivity contribution in [2.45, 2.75) is 4.90 Å². The molecule has 1 N–H and O–H groups in total. The van der Waals surface area contributed by atoms with Gasteiger partial charge in [-0.25, -0.2) is 8.42 Å². The SMILES string of the molecule is O=[N+]([O-])c1cc(Cl)ccc1S(=O)(=O)Nc1ccc2c(c1)OCO2. The molecule has 0 unspecified atom stereocenters. The Hall–Kier alpha value is -2.52. The number of benzene rings is 2. The van der Waals surface area contributed by atoms with Crippen LogP contribution < -0.4 is 14.2 Å². The van der Waals surface area contributed by atoms with Crippen molar-refractivity contribution >= 4 is 33.0 Å². The molecule has 1 heterocycles. The molecule has 0 saturated carbocycles. The largest absolute Gasteiger partial charge is 0.454 e. The predicted octanol–water partition coefficient (Wildman–Crippen LogP) is 2.78. The van der Waals surface area contributed by atoms with Crippen LogP contribution in [0.15, 0.2) is 41.3 Å². The number of nitrogens with one attached hydrogen (secondary N) is 1. The number of sulfonamides is 1. The quantitative estimate of drug-likeness (QED) is 0.666. The summed E-state index contributed by atoms with van der Waals surface area (Å²) in [6.07, 6.45) is 0. The average Bonchev–Trinajstić information content (AvgIpc) is 2.93. The first-order chi connectivity index (χ1) is 10.9. The van der Waals surface area contributed by atoms with Crippen LogP contribution in [0, 0.1) is 10.1 Å². The van der Waals surface area contributed by atoms with Crippen molar-refractivity contribution in [1.29, 1.82) is 0 Å². The fraction of sp³-hybridized carbons (Fsp3) is 0.0769. The van der Waals surface area contributed by atoms with E-state index in [0.717, 1.165) is 12.1 Å². The minimum atomic E-state index is -4.17. The van der Waals surface area contributed by atoms with Gasteiger partial charge in [0.25, 0.3) is 15.7 Å². The van der Waals surface area contributed by atoms with E-state index in [1.165, 1.54) is 24.3 Å². The van der Waals surface area contributed by atoms with E-state index < -0.39 is 25.5 Å². The molecule has 2 aromatic rings. The van der Waals surface area contributed by atoms with Crippen LogP contribution in [0.1, 0.15) is 0 Å². The van der Waals surface area contributed by atoms with Gasteiger partial charge in [-0.05, 0) is 24.3 Å². The van der Waals surface area contributed by atoms with Gasteiger partial charge in [0.05, 0.1) is 10.6 Å². The minimum Gasteiger partial charge on any atom is -0.454 e. The van der Waals surface area contributed by atoms with Crippen LogP contribution in [0.3, 0.4) is 0 Å². The third-order valence-corrected chi connectivity index (χ3v) is 4.70. The molecule has 0 spiro atoms. The van der Waals surface area contributed by atoms with E-state index in [4.69, 9.17) is 21.1 Å². The van der Waals surface area contributed by atoms with Gasteiger partial charge >= 0.3 is 0 Å². The molecule has 120 valence electrons. The number of hydrogen-bond acceptors (Lipinski definition) is 6. The van der Waals surface area contributed by atoms with Gasteiger partial charge in [-0.3, -0.25) is 14.8 Å². The van der Waals surface area contributed by atoms with Gasteiger partial charge in [0.1, 0.15) is 0 Å². The van der Waals surface area contributed by atoms with Gasteiger partial charge in [-0.1, -0.05) is 11.6 Å². The number of hydrogen-bond donors (Lipinski definition) is 1. The first kappa shape index (κ1) is 15.4. The van der Waals surface area contributed by atoms with E-state index in [1.54, 1.807) is 0 Å². The summed E-state index contributed by atoms with van der Waals surface area (Å²) >= 11 is 5.69. The van der Waals surface area contributed by atoms with Crippen LogP contribution in [0.25, 0.3) is 0 Å². The summed E-state index contributed by atoms with van der Waals surface area (Å²) in [5.74, 6) is 0.876. The predicted molar refractivity (Wildman–Crippen MR) is 81.5 cm³/mol. The summed E-state index contributed by atoms with van der Waals surface area (Å²) < 4.78 is 37.4. The molecule has 1 aliphatic heterocycles. The lowest BCUT2D eigenvalue weighted by atomic mass is 10.3. The molecule has 8 nitrogen and oxygen atoms in total. The molecule has 0 radical (unpaired) electrons. The highest BCUT2D eigenvalue weighted by atomic mass is 35.5. The third-order valence-electron chi connectivity index (χ3n) is 3.03. The molecule has 1 aliphatic rings. The fourth-order valence-corrected chi connectivity index (χ4v) is 3.40. The van der Waals surface area contributed by atoms with Crippen molar-refractivity contribution in [3.8, 4) is 11.5 Å². The zero-order chi connectivity index (χ0) is 16.6. The molecule has 0 atom stereocenters. The van der Waals surface area contributed by atoms with E-state index in [-0.39, 0.29) is 17.5 Å². The molecule has 0 aliphatic carbocycles. The van der Waals surface area contributed by atoms with Crippen LogP contribution >= 0.6 is 11.6 Å². The molecule has 23 heavy (non-hydrogen) atoms. The van der Waals surface area contributed by atoms with Gasteiger partial charge < -0.3 is 9.47 Å². The number of fused-ring (bicyclic) bond motifs is 1. The van der Waals surface area contributed by atoms with Gasteiger partial charge in [-0.2, -0.15) is 0 Å². The Morgan fingerprint density at radius 1 is 1.13 bits per heavy atom. The van der Waals surface area contributed by atoms with Gasteiger partial charge in [-0.15, -0.1) is 0 Å². The zero-order valence-electron chi connectivity index (χ0n) is 11.4. The Morgan fingerprint density at radius 3 is 2.61 bits per heavy atom. The summed E-state index contributed by atoms with van der Waals surface area (Å²) in [5, 5.41) is 11.1. The Kier molecular flexibility index (Phi) is 3.74. The highest BCUT2D eigenvalue weighted by Crippen LogP contribution is 2.35. The van der Waals surface area contributed by atoms with Gasteiger partial charge in [0, 0.05) is 17.2 Å². The monoisotopic (exact) mass is 356 g/mol. The van der Waals surface area contributed by atoms with Crippen LogP contribution in [-0.4, -0.2) is 20.1 Å². The molecule has 3 rings (SSSR count). The standard InChI is InChI=1S/C13H9ClN2O6S/c14-8-1-4-13(10(5-8)16(17)18)23(19,20)15-9-2-3-11-12(6-9)22-7-21-11/h1-6,15H,7H2. The Balaban J connectivity index is 1.98. The van der Waals surface area contributed by atoms with Crippen molar-refractivity contribution in [2.75, 3.05) is 11.5 Å². The summed E-state index contributed by atoms with van der Waals surface area (Å²) in [5.41, 5.74) is -0.413. The molecule has 0 fully saturated rings. The fourth-order valence-electron chi connectivity index (χ4n) is 2.03. The number of halogens is 1. The van der Waals surface area contributed by atoms with Crippen molar-refractivity contribution < 1.29 is 22.8 Å². The Bertz CT molecular complexity index is 899. The lowest BCUT2D eigenvalue weighted by molar-refractivity contribution is -0.387. The van der Waals surface area contributed by atoms with Crippen molar-refractivity contribution in [3.05, 3.63) is 51.5 Å². The van der Waals surface area contributed by atoms with Gasteiger partial charge in [0.15, 0.2) is 16.4 Å². The first-order valence-corrected chi connectivity index (χ1v) is 8.09. The molecular formula is C13H9ClN2O6S. The molecule has 0 aromatic heterocycles. The van der Waals surface area contributed by atoms with Crippen LogP contribution in [0.4, 0.5) is 11.4 Å². The number of nitro groups is 1. The van der Waals surface area contributed by atoms with Crippen molar-refractivity contribution in [2.24, 2.45) is 0 Å². The Labute approximate surface area is 135 Å². The van der Waals surface area contributed by atoms with E-state index in [9.17, 15) is 18.5 Å². The zero-order valence-corrected chi connectivity index (χ0v) is 12.9. The van der Waals surface area contributed by atoms with Crippen LogP contribution in [0.5, 0.6) is 11.5 Å². The summed E-state index contributed by atoms with van der Waals surface area (Å²) in [7, 11) is -4.17. The molecule has 10 heteroatoms. The lowest BCUT2D eigenvalue weighted by Crippen LogP contribution is -2.14. The lowest BCUT2D eigenvalue weighted by Gasteiger charge is -2.09. The second-order valence-electron chi connectivity index (χ2n) is 4.54. The second-order valence-corrected chi connectivity index (χ2v) is 6.63. The number of rotatable bonds is 4. The maximum Gasteiger partial charge on any atom is 0.291 e. The van der Waals surface area contributed by atoms with E-state index in [0.29, 0.717) is 11.5 Å². The topological polar surface area (TPSA) is 108 Å². The normalized spacial score (nSPS) is 12.9. The number of ether oxygens (including phenoxy) is 2. The highest BCUT2D eigenvalue weighted by molar-refractivity contribution is 7.92. The third kappa shape index (κ3) is 3.01. The number of nitro benzene ring substituents is 1. The van der Waals surface area contributed by atoms with Crippen molar-refractivity contribution in [3.63, 3.8) is 0 Å². The molecule has 0 amide bonds. The summed E-state index contributed by atoms with van der Waals surface area (Å²) in [6, 6.07) is 7.76. The minimum absolute atomic E-state index is 0.0498. The number of nitrogens with zero attached hydrogens (tertiary/aromatic N) is 1. The molecule has 2 aromatic carbocycles. The summed E-state index contributed by atoms with van der Waals surface area (Å²) in [4.78, 5) is 9.76. The van der Waals surface area contributed by atoms with E-state index in [1.807, 2.05) is 0 Å². The summed E-state index contributed by atoms with van der Waals surface area (Å²) in [6.45, 7) is 0.0498. The van der Waals surface area contributed by atoms with E-state index in [2.05, 4.69) is 4.72 Å². The van der Waals surface area contributed by atoms with Gasteiger partial charge in [0.2, 0.25) is 6.79 Å². The van der Waals surface area contributed by atoms with Crippen LogP contribution in [-0.2, 0) is 10.0 Å². The smallest absolute Gasteiger partial charge is 0.291 e. The molecular weight excluding hydrogens is 348 g/mol. The van der Waals surface area contributed by atoms with E-state index >= 15 is 0 Å². The first-order valence-electron chi connectivity index (χ1n) is 6.23. The molecule has 0 saturated heterocycles. The van der Waals surface area contributed by atoms with Crippen LogP contribution in [0.2, 0.25) is 5.02 Å². The Morgan fingerprint density at radius 2 is 1.87 bits per heavy atom. The highest BCUT2D eigenvalue weighted by Gasteiger charge is 2.26. The van der Waals surface area contributed by atoms with Crippen molar-refractivity contribution in [1.82, 2.24) is 0 Å². The number of anilines is 1.